The van der Waals surface area contributed by atoms with E-state index in [1.807, 2.05) is 0 Å². The molecule has 0 heterocycles. The van der Waals surface area contributed by atoms with Crippen LogP contribution in [0.4, 0.5) is 0 Å². The molecule has 0 spiro atoms. The first kappa shape index (κ1) is 9.79. The van der Waals surface area contributed by atoms with Gasteiger partial charge < -0.3 is 15.9 Å². The number of nitrogens with one attached hydrogen (secondary N) is 1. The van der Waals surface area contributed by atoms with Crippen LogP contribution in [0.1, 0.15) is 0 Å². The molecule has 0 aromatic rings. The van der Waals surface area contributed by atoms with Gasteiger partial charge in [-0.25, -0.2) is 4.79 Å². The predicted molar refractivity (Wildman–Crippen MR) is 42.1 cm³/mol. The quantitative estimate of drug-likeness (QED) is 0.231. The number of thiocarbonyl (C=S) groups is 1. The molecule has 11 heavy (non-hydrogen) atoms. The maximum atomic E-state index is 9.94. The summed E-state index contributed by atoms with van der Waals surface area (Å²) in [6.07, 6.45) is -0.876. The van der Waals surface area contributed by atoms with Crippen molar-refractivity contribution in [2.24, 2.45) is 10.8 Å². The third-order valence-corrected chi connectivity index (χ3v) is 0.735. The Morgan fingerprint density at radius 3 is 2.73 bits per heavy atom. The molecular formula is C4H7N3O3S. The zero-order chi connectivity index (χ0) is 8.85. The lowest BCUT2D eigenvalue weighted by Crippen LogP contribution is -2.27. The minimum Gasteiger partial charge on any atom is -0.479 e. The summed E-state index contributed by atoms with van der Waals surface area (Å²) in [5, 5.41) is 19.8. The number of carboxylic acid groups (broad SMARTS) is 1. The van der Waals surface area contributed by atoms with Crippen molar-refractivity contribution in [2.75, 3.05) is 0 Å². The molecule has 0 bridgehead atoms. The molecule has 0 rings (SSSR count). The molecule has 0 fully saturated rings. The van der Waals surface area contributed by atoms with Crippen LogP contribution >= 0.6 is 12.2 Å². The summed E-state index contributed by atoms with van der Waals surface area (Å²) in [5.74, 6) is -1.39. The first-order valence-corrected chi connectivity index (χ1v) is 2.94. The van der Waals surface area contributed by atoms with Crippen molar-refractivity contribution in [1.82, 2.24) is 5.43 Å². The van der Waals surface area contributed by atoms with Gasteiger partial charge in [0, 0.05) is 0 Å². The van der Waals surface area contributed by atoms with E-state index >= 15 is 0 Å². The van der Waals surface area contributed by atoms with Gasteiger partial charge in [-0.1, -0.05) is 0 Å². The van der Waals surface area contributed by atoms with E-state index in [1.54, 1.807) is 0 Å². The van der Waals surface area contributed by atoms with Crippen molar-refractivity contribution in [1.29, 1.82) is 0 Å². The average molecular weight is 177 g/mol. The van der Waals surface area contributed by atoms with Gasteiger partial charge in [-0.2, -0.15) is 5.10 Å². The van der Waals surface area contributed by atoms with Gasteiger partial charge in [0.15, 0.2) is 11.2 Å². The molecule has 0 aromatic carbocycles. The summed E-state index contributed by atoms with van der Waals surface area (Å²) in [6, 6.07) is 0. The van der Waals surface area contributed by atoms with Crippen molar-refractivity contribution in [3.8, 4) is 0 Å². The highest BCUT2D eigenvalue weighted by molar-refractivity contribution is 7.80. The first-order chi connectivity index (χ1) is 5.04. The Bertz CT molecular complexity index is 193. The topological polar surface area (TPSA) is 108 Å². The first-order valence-electron chi connectivity index (χ1n) is 2.53. The lowest BCUT2D eigenvalue weighted by molar-refractivity contribution is -0.142. The van der Waals surface area contributed by atoms with Crippen LogP contribution in [0, 0.1) is 0 Å². The maximum absolute atomic E-state index is 9.94. The maximum Gasteiger partial charge on any atom is 0.338 e. The van der Waals surface area contributed by atoms with E-state index < -0.39 is 12.1 Å². The van der Waals surface area contributed by atoms with Crippen LogP contribution in [0.3, 0.4) is 0 Å². The van der Waals surface area contributed by atoms with Crippen LogP contribution in [0.15, 0.2) is 5.10 Å². The van der Waals surface area contributed by atoms with E-state index in [0.717, 1.165) is 6.21 Å². The number of rotatable bonds is 3. The summed E-state index contributed by atoms with van der Waals surface area (Å²) >= 11 is 4.34. The SMILES string of the molecule is NC(=S)N/N=C/C(O)C(=O)O. The molecule has 0 saturated heterocycles. The number of carbonyl (C=O) groups is 1. The second-order valence-electron chi connectivity index (χ2n) is 1.54. The fourth-order valence-corrected chi connectivity index (χ4v) is 0.288. The summed E-state index contributed by atoms with van der Waals surface area (Å²) in [7, 11) is 0. The second-order valence-corrected chi connectivity index (χ2v) is 1.98. The van der Waals surface area contributed by atoms with Gasteiger partial charge in [0.05, 0.1) is 6.21 Å². The van der Waals surface area contributed by atoms with E-state index in [0.29, 0.717) is 0 Å². The average Bonchev–Trinajstić information content (AvgIpc) is 1.86. The molecule has 0 radical (unpaired) electrons. The standard InChI is InChI=1S/C4H7N3O3S/c5-4(11)7-6-1-2(8)3(9)10/h1-2,8H,(H,9,10)(H3,5,7,11)/b6-1+. The number of hydrazone groups is 1. The van der Waals surface area contributed by atoms with E-state index in [1.165, 1.54) is 0 Å². The van der Waals surface area contributed by atoms with Crippen LogP contribution in [0.25, 0.3) is 0 Å². The van der Waals surface area contributed by atoms with Crippen molar-refractivity contribution in [3.05, 3.63) is 0 Å². The van der Waals surface area contributed by atoms with Gasteiger partial charge in [0.25, 0.3) is 0 Å². The minimum atomic E-state index is -1.64. The van der Waals surface area contributed by atoms with Gasteiger partial charge in [0.1, 0.15) is 0 Å². The van der Waals surface area contributed by atoms with Crippen molar-refractivity contribution in [2.45, 2.75) is 6.10 Å². The molecule has 0 aliphatic heterocycles. The molecule has 6 nitrogen and oxygen atoms in total. The molecule has 1 atom stereocenters. The van der Waals surface area contributed by atoms with E-state index in [9.17, 15) is 4.79 Å². The van der Waals surface area contributed by atoms with Gasteiger partial charge in [-0.3, -0.25) is 5.43 Å². The minimum absolute atomic E-state index is 0.0983. The highest BCUT2D eigenvalue weighted by atomic mass is 32.1. The van der Waals surface area contributed by atoms with Crippen molar-refractivity contribution in [3.63, 3.8) is 0 Å². The normalized spacial score (nSPS) is 12.8. The monoisotopic (exact) mass is 177 g/mol. The predicted octanol–water partition coefficient (Wildman–Crippen LogP) is -1.75. The van der Waals surface area contributed by atoms with E-state index in [2.05, 4.69) is 22.7 Å². The molecule has 0 saturated carbocycles. The molecule has 5 N–H and O–H groups in total. The molecule has 0 aromatic heterocycles. The van der Waals surface area contributed by atoms with E-state index in [4.69, 9.17) is 15.9 Å². The summed E-state index contributed by atoms with van der Waals surface area (Å²) in [6.45, 7) is 0. The summed E-state index contributed by atoms with van der Waals surface area (Å²) in [5.41, 5.74) is 7.02. The van der Waals surface area contributed by atoms with E-state index in [-0.39, 0.29) is 5.11 Å². The smallest absolute Gasteiger partial charge is 0.338 e. The fraction of sp³-hybridized carbons (Fsp3) is 0.250. The third-order valence-electron chi connectivity index (χ3n) is 0.643. The molecule has 7 heteroatoms. The Hall–Kier alpha value is -1.21. The zero-order valence-corrected chi connectivity index (χ0v) is 6.21. The molecule has 0 aliphatic rings. The Kier molecular flexibility index (Phi) is 4.08. The highest BCUT2D eigenvalue weighted by Crippen LogP contribution is 1.75. The lowest BCUT2D eigenvalue weighted by Gasteiger charge is -1.96. The number of carboxylic acids is 1. The number of aliphatic carboxylic acids is 1. The number of aliphatic hydroxyl groups excluding tert-OH is 1. The molecule has 0 aliphatic carbocycles. The molecule has 0 amide bonds. The Morgan fingerprint density at radius 2 is 2.36 bits per heavy atom. The molecular weight excluding hydrogens is 170 g/mol. The number of hydrogen-bond acceptors (Lipinski definition) is 4. The summed E-state index contributed by atoms with van der Waals surface area (Å²) in [4.78, 5) is 9.94. The fourth-order valence-electron chi connectivity index (χ4n) is 0.235. The van der Waals surface area contributed by atoms with Crippen molar-refractivity contribution < 1.29 is 15.0 Å². The number of hydrogen-bond donors (Lipinski definition) is 4. The van der Waals surface area contributed by atoms with Crippen LogP contribution in [0.5, 0.6) is 0 Å². The highest BCUT2D eigenvalue weighted by Gasteiger charge is 2.08. The van der Waals surface area contributed by atoms with Gasteiger partial charge in [-0.15, -0.1) is 0 Å². The van der Waals surface area contributed by atoms with Crippen LogP contribution in [-0.4, -0.2) is 33.6 Å². The largest absolute Gasteiger partial charge is 0.479 e. The second kappa shape index (κ2) is 4.58. The number of aliphatic hydroxyl groups is 1. The van der Waals surface area contributed by atoms with Gasteiger partial charge in [0.2, 0.25) is 0 Å². The van der Waals surface area contributed by atoms with Crippen LogP contribution in [0.2, 0.25) is 0 Å². The number of nitrogens with zero attached hydrogens (tertiary/aromatic N) is 1. The molecule has 62 valence electrons. The lowest BCUT2D eigenvalue weighted by atomic mass is 10.4. The Balaban J connectivity index is 3.74. The summed E-state index contributed by atoms with van der Waals surface area (Å²) < 4.78 is 0. The Morgan fingerprint density at radius 1 is 1.82 bits per heavy atom. The Labute approximate surface area is 67.7 Å². The van der Waals surface area contributed by atoms with Crippen molar-refractivity contribution >= 4 is 29.5 Å². The van der Waals surface area contributed by atoms with Gasteiger partial charge >= 0.3 is 5.97 Å². The zero-order valence-electron chi connectivity index (χ0n) is 5.39. The third kappa shape index (κ3) is 5.25. The van der Waals surface area contributed by atoms with Gasteiger partial charge in [-0.05, 0) is 12.2 Å². The van der Waals surface area contributed by atoms with Crippen LogP contribution < -0.4 is 11.2 Å². The number of nitrogens with two attached hydrogens (primary N) is 1. The molecule has 1 unspecified atom stereocenters. The van der Waals surface area contributed by atoms with Crippen LogP contribution in [-0.2, 0) is 4.79 Å².